The maximum atomic E-state index is 9.39. The molecule has 0 aromatic carbocycles. The number of rotatable bonds is 0. The fraction of sp³-hybridized carbons (Fsp3) is 0.444. The second-order valence-electron chi connectivity index (χ2n) is 3.56. The average Bonchev–Trinajstić information content (AvgIpc) is 2.26. The molecule has 0 saturated heterocycles. The fourth-order valence-electron chi connectivity index (χ4n) is 1.59. The van der Waals surface area contributed by atoms with E-state index in [4.69, 9.17) is 5.84 Å². The van der Waals surface area contributed by atoms with E-state index in [1.165, 1.54) is 0 Å². The Hall–Kier alpha value is -1.53. The van der Waals surface area contributed by atoms with Crippen LogP contribution in [0.3, 0.4) is 0 Å². The zero-order valence-corrected chi connectivity index (χ0v) is 8.67. The minimum Gasteiger partial charge on any atom is -0.351 e. The lowest BCUT2D eigenvalue weighted by Gasteiger charge is -2.33. The summed E-state index contributed by atoms with van der Waals surface area (Å²) < 4.78 is 0. The van der Waals surface area contributed by atoms with Gasteiger partial charge in [-0.15, -0.1) is 15.5 Å². The number of hydrazine groups is 2. The van der Waals surface area contributed by atoms with E-state index in [0.717, 1.165) is 35.7 Å². The van der Waals surface area contributed by atoms with E-state index in [9.17, 15) is 5.21 Å². The second kappa shape index (κ2) is 3.92. The zero-order chi connectivity index (χ0) is 10.8. The van der Waals surface area contributed by atoms with Gasteiger partial charge in [0.1, 0.15) is 0 Å². The lowest BCUT2D eigenvalue weighted by Crippen LogP contribution is -2.46. The molecule has 82 valence electrons. The lowest BCUT2D eigenvalue weighted by molar-refractivity contribution is -0.222. The van der Waals surface area contributed by atoms with Crippen molar-refractivity contribution >= 4 is 5.84 Å². The van der Waals surface area contributed by atoms with Crippen molar-refractivity contribution in [1.29, 1.82) is 0 Å². The maximum absolute atomic E-state index is 9.39. The van der Waals surface area contributed by atoms with Gasteiger partial charge >= 0.3 is 0 Å². The highest BCUT2D eigenvalue weighted by molar-refractivity contribution is 5.93. The van der Waals surface area contributed by atoms with E-state index in [0.29, 0.717) is 5.70 Å². The third-order valence-electron chi connectivity index (χ3n) is 2.43. The van der Waals surface area contributed by atoms with Gasteiger partial charge in [0.2, 0.25) is 0 Å². The van der Waals surface area contributed by atoms with Crippen molar-refractivity contribution in [2.45, 2.75) is 13.3 Å². The van der Waals surface area contributed by atoms with Crippen molar-refractivity contribution in [2.75, 3.05) is 13.1 Å². The van der Waals surface area contributed by atoms with Gasteiger partial charge in [-0.1, -0.05) is 12.2 Å². The zero-order valence-electron chi connectivity index (χ0n) is 8.67. The molecule has 0 aromatic heterocycles. The van der Waals surface area contributed by atoms with Gasteiger partial charge in [-0.25, -0.2) is 5.84 Å². The molecule has 0 aromatic rings. The molecule has 2 aliphatic heterocycles. The Morgan fingerprint density at radius 3 is 2.87 bits per heavy atom. The summed E-state index contributed by atoms with van der Waals surface area (Å²) in [6.45, 7) is 3.54. The molecule has 3 N–H and O–H groups in total. The Kier molecular flexibility index (Phi) is 2.61. The summed E-state index contributed by atoms with van der Waals surface area (Å²) in [5, 5.41) is 15.2. The molecular weight excluding hydrogens is 194 g/mol. The normalized spacial score (nSPS) is 21.7. The standard InChI is InChI=1S/C9H15N5O/c1-8-7-9(11-14(10)13(8)15)12-5-3-2-4-6-12/h2-3,7,15H,4-6,10H2,1H3. The monoisotopic (exact) mass is 209 g/mol. The van der Waals surface area contributed by atoms with E-state index in [1.807, 2.05) is 6.08 Å². The van der Waals surface area contributed by atoms with Crippen LogP contribution in [0.5, 0.6) is 0 Å². The summed E-state index contributed by atoms with van der Waals surface area (Å²) in [4.78, 5) is 2.11. The van der Waals surface area contributed by atoms with Crippen LogP contribution in [-0.4, -0.2) is 39.4 Å². The summed E-state index contributed by atoms with van der Waals surface area (Å²) in [7, 11) is 0. The molecule has 0 aliphatic carbocycles. The van der Waals surface area contributed by atoms with Crippen LogP contribution in [0.15, 0.2) is 29.0 Å². The molecule has 0 atom stereocenters. The van der Waals surface area contributed by atoms with Crippen molar-refractivity contribution in [2.24, 2.45) is 10.9 Å². The number of hydroxylamine groups is 1. The number of amidine groups is 1. The minimum absolute atomic E-state index is 0.650. The van der Waals surface area contributed by atoms with Gasteiger partial charge in [-0.05, 0) is 13.3 Å². The van der Waals surface area contributed by atoms with Crippen LogP contribution in [0.1, 0.15) is 13.3 Å². The molecule has 15 heavy (non-hydrogen) atoms. The minimum atomic E-state index is 0.650. The van der Waals surface area contributed by atoms with Gasteiger partial charge < -0.3 is 4.90 Å². The largest absolute Gasteiger partial charge is 0.351 e. The van der Waals surface area contributed by atoms with Gasteiger partial charge in [0.05, 0.1) is 5.70 Å². The van der Waals surface area contributed by atoms with Crippen LogP contribution in [0, 0.1) is 0 Å². The molecule has 0 bridgehead atoms. The van der Waals surface area contributed by atoms with Gasteiger partial charge in [0, 0.05) is 19.2 Å². The van der Waals surface area contributed by atoms with Crippen LogP contribution < -0.4 is 5.84 Å². The van der Waals surface area contributed by atoms with Crippen LogP contribution in [0.2, 0.25) is 0 Å². The number of nitrogens with zero attached hydrogens (tertiary/aromatic N) is 4. The van der Waals surface area contributed by atoms with Gasteiger partial charge in [-0.3, -0.25) is 5.21 Å². The Balaban J connectivity index is 2.16. The summed E-state index contributed by atoms with van der Waals surface area (Å²) in [5.74, 6) is 6.28. The highest BCUT2D eigenvalue weighted by Gasteiger charge is 2.19. The number of allylic oxidation sites excluding steroid dienone is 1. The summed E-state index contributed by atoms with van der Waals surface area (Å²) in [6, 6.07) is 0. The first-order valence-electron chi connectivity index (χ1n) is 4.89. The summed E-state index contributed by atoms with van der Waals surface area (Å²) in [6.07, 6.45) is 7.07. The van der Waals surface area contributed by atoms with E-state index < -0.39 is 0 Å². The number of hydrazone groups is 1. The molecule has 2 heterocycles. The van der Waals surface area contributed by atoms with Crippen molar-refractivity contribution in [1.82, 2.24) is 15.3 Å². The second-order valence-corrected chi connectivity index (χ2v) is 3.56. The number of hydrogen-bond donors (Lipinski definition) is 2. The third kappa shape index (κ3) is 1.95. The van der Waals surface area contributed by atoms with Crippen molar-refractivity contribution in [3.63, 3.8) is 0 Å². The molecule has 2 aliphatic rings. The summed E-state index contributed by atoms with van der Waals surface area (Å²) in [5.41, 5.74) is 0.650. The molecule has 6 heteroatoms. The molecule has 0 amide bonds. The maximum Gasteiger partial charge on any atom is 0.154 e. The molecule has 0 radical (unpaired) electrons. The first-order chi connectivity index (χ1) is 7.18. The quantitative estimate of drug-likeness (QED) is 0.442. The highest BCUT2D eigenvalue weighted by atomic mass is 16.6. The highest BCUT2D eigenvalue weighted by Crippen LogP contribution is 2.12. The van der Waals surface area contributed by atoms with Crippen molar-refractivity contribution in [3.8, 4) is 0 Å². The van der Waals surface area contributed by atoms with E-state index in [1.54, 1.807) is 6.92 Å². The molecule has 0 saturated carbocycles. The molecular formula is C9H15N5O. The molecule has 0 unspecified atom stereocenters. The van der Waals surface area contributed by atoms with E-state index >= 15 is 0 Å². The molecule has 6 nitrogen and oxygen atoms in total. The number of hydrogen-bond acceptors (Lipinski definition) is 6. The smallest absolute Gasteiger partial charge is 0.154 e. The Bertz CT molecular complexity index is 335. The van der Waals surface area contributed by atoms with Crippen LogP contribution in [-0.2, 0) is 0 Å². The Morgan fingerprint density at radius 2 is 2.27 bits per heavy atom. The Labute approximate surface area is 88.4 Å². The topological polar surface area (TPSA) is 68.3 Å². The van der Waals surface area contributed by atoms with E-state index in [-0.39, 0.29) is 0 Å². The van der Waals surface area contributed by atoms with Crippen molar-refractivity contribution in [3.05, 3.63) is 23.9 Å². The fourth-order valence-corrected chi connectivity index (χ4v) is 1.59. The predicted molar refractivity (Wildman–Crippen MR) is 56.2 cm³/mol. The molecule has 0 spiro atoms. The average molecular weight is 209 g/mol. The van der Waals surface area contributed by atoms with Crippen molar-refractivity contribution < 1.29 is 5.21 Å². The van der Waals surface area contributed by atoms with E-state index in [2.05, 4.69) is 22.2 Å². The molecule has 0 fully saturated rings. The van der Waals surface area contributed by atoms with Crippen LogP contribution in [0.25, 0.3) is 0 Å². The summed E-state index contributed by atoms with van der Waals surface area (Å²) >= 11 is 0. The first kappa shape index (κ1) is 10.0. The first-order valence-corrected chi connectivity index (χ1v) is 4.89. The van der Waals surface area contributed by atoms with Gasteiger partial charge in [0.25, 0.3) is 0 Å². The van der Waals surface area contributed by atoms with Crippen LogP contribution >= 0.6 is 0 Å². The van der Waals surface area contributed by atoms with Gasteiger partial charge in [-0.2, -0.15) is 0 Å². The Morgan fingerprint density at radius 1 is 1.47 bits per heavy atom. The SMILES string of the molecule is CC1=CC(N2CC=CCC2)=NN(N)N1O. The van der Waals surface area contributed by atoms with Crippen LogP contribution in [0.4, 0.5) is 0 Å². The molecule has 2 rings (SSSR count). The van der Waals surface area contributed by atoms with Gasteiger partial charge in [0.15, 0.2) is 5.84 Å². The lowest BCUT2D eigenvalue weighted by atomic mass is 10.2. The predicted octanol–water partition coefficient (Wildman–Crippen LogP) is 0.261. The number of nitrogens with two attached hydrogens (primary N) is 1. The third-order valence-corrected chi connectivity index (χ3v) is 2.43.